The number of aliphatic hydroxyl groups is 1. The summed E-state index contributed by atoms with van der Waals surface area (Å²) >= 11 is 0. The van der Waals surface area contributed by atoms with Gasteiger partial charge in [0.1, 0.15) is 91.8 Å². The molecule has 8 aromatic rings. The number of hydrogen-bond donors (Lipinski definition) is 15. The number of aliphatic hydroxyl groups excluding tert-OH is 1. The van der Waals surface area contributed by atoms with Gasteiger partial charge in [0.2, 0.25) is 83.0 Å². The molecular formula is C100H121N15O19P2. The molecule has 1 fully saturated rings. The largest absolute Gasteiger partial charge is 0.460 e. The van der Waals surface area contributed by atoms with Crippen molar-refractivity contribution in [2.24, 2.45) is 0 Å². The molecule has 1 aliphatic heterocycles. The smallest absolute Gasteiger partial charge is 0.407 e. The van der Waals surface area contributed by atoms with Crippen LogP contribution in [0.5, 0.6) is 0 Å². The van der Waals surface area contributed by atoms with Crippen LogP contribution in [0, 0.1) is 0 Å². The van der Waals surface area contributed by atoms with Crippen molar-refractivity contribution in [3.05, 3.63) is 254 Å². The zero-order valence-corrected chi connectivity index (χ0v) is 79.8. The van der Waals surface area contributed by atoms with Gasteiger partial charge in [-0.3, -0.25) is 67.1 Å². The maximum absolute atomic E-state index is 13.6. The van der Waals surface area contributed by atoms with E-state index in [1.54, 1.807) is 0 Å². The highest BCUT2D eigenvalue weighted by atomic mass is 31.1. The minimum atomic E-state index is -2.26. The molecule has 0 aromatic heterocycles. The van der Waals surface area contributed by atoms with Crippen LogP contribution in [0.15, 0.2) is 243 Å². The number of nitrogens with zero attached hydrogens (tertiary/aromatic N) is 1. The first-order valence-electron chi connectivity index (χ1n) is 44.6. The van der Waals surface area contributed by atoms with Crippen LogP contribution < -0.4 is 106 Å². The quantitative estimate of drug-likeness (QED) is 0.0114. The molecule has 8 aromatic carbocycles. The summed E-state index contributed by atoms with van der Waals surface area (Å²) in [5.41, 5.74) is 4.10. The molecule has 36 heteroatoms. The Bertz CT molecular complexity index is 5100. The van der Waals surface area contributed by atoms with E-state index in [9.17, 15) is 81.8 Å². The number of amides is 15. The van der Waals surface area contributed by atoms with Crippen molar-refractivity contribution in [3.8, 4) is 11.1 Å². The van der Waals surface area contributed by atoms with E-state index in [0.29, 0.717) is 6.42 Å². The van der Waals surface area contributed by atoms with Gasteiger partial charge in [0, 0.05) is 25.9 Å². The van der Waals surface area contributed by atoms with Crippen molar-refractivity contribution in [3.63, 3.8) is 0 Å². The molecule has 0 radical (unpaired) electrons. The fraction of sp³-hybridized carbons (Fsp3) is 0.340. The van der Waals surface area contributed by atoms with Gasteiger partial charge < -0.3 is 93.9 Å². The van der Waals surface area contributed by atoms with Crippen LogP contribution in [0.3, 0.4) is 0 Å². The number of esters is 1. The lowest BCUT2D eigenvalue weighted by Gasteiger charge is -2.28. The Morgan fingerprint density at radius 1 is 0.368 bits per heavy atom. The van der Waals surface area contributed by atoms with E-state index < -0.39 is 195 Å². The number of nitrogens with one attached hydrogen (secondary N) is 14. The summed E-state index contributed by atoms with van der Waals surface area (Å²) in [6.45, 7) is 17.7. The lowest BCUT2D eigenvalue weighted by molar-refractivity contribution is -0.147. The minimum absolute atomic E-state index is 0.0138. The number of carbonyl (C=O) groups is 16. The van der Waals surface area contributed by atoms with Gasteiger partial charge in [-0.25, -0.2) is 9.59 Å². The minimum Gasteiger partial charge on any atom is -0.460 e. The molecule has 10 rings (SSSR count). The summed E-state index contributed by atoms with van der Waals surface area (Å²) in [6.07, 6.45) is -1.57. The van der Waals surface area contributed by atoms with E-state index in [1.807, 2.05) is 53.8 Å². The Morgan fingerprint density at radius 3 is 0.985 bits per heavy atom. The van der Waals surface area contributed by atoms with Gasteiger partial charge >= 0.3 is 12.1 Å². The van der Waals surface area contributed by atoms with Crippen LogP contribution in [0.25, 0.3) is 11.1 Å². The Balaban J connectivity index is 0.000000479. The van der Waals surface area contributed by atoms with Gasteiger partial charge in [-0.1, -0.05) is 243 Å². The summed E-state index contributed by atoms with van der Waals surface area (Å²) < 4.78 is 10.5. The van der Waals surface area contributed by atoms with Gasteiger partial charge in [-0.05, 0) is 165 Å². The lowest BCUT2D eigenvalue weighted by atomic mass is 9.98. The summed E-state index contributed by atoms with van der Waals surface area (Å²) in [6, 6.07) is 63.9. The Hall–Kier alpha value is -14.4. The zero-order valence-electron chi connectivity index (χ0n) is 78.0. The van der Waals surface area contributed by atoms with E-state index in [-0.39, 0.29) is 44.9 Å². The molecule has 2 aliphatic rings. The SMILES string of the molecule is C=CCOC(=O)[C@H](CCC(=O)NC)NC(=O)[C@H](C)NC(=O)[C@H](C)NC(=O)C(C)NC(=O)[C@H](O)NC(=O)C(C)NC(=O)[C@@H]1CCCN1C(=O)[C@H](C)NC(=O)[C@H](C)NC(=O)[C@H](C)NC(=O)C(C)NC(=O)[C@H](C)NC(=O)C(C)NC(=O)[C@H](C)NC(=O)OCC1c2ccccc2-c2ccccc21.c1ccc(P(c2ccccc2)c2ccccc2)cc1.c1ccc(P(c2ccccc2)c2ccccc2)cc1. The van der Waals surface area contributed by atoms with Crippen LogP contribution in [0.4, 0.5) is 4.79 Å². The molecule has 15 N–H and O–H groups in total. The van der Waals surface area contributed by atoms with Gasteiger partial charge in [-0.15, -0.1) is 0 Å². The van der Waals surface area contributed by atoms with Crippen molar-refractivity contribution in [1.82, 2.24) is 79.3 Å². The number of hydrogen-bond acceptors (Lipinski definition) is 19. The predicted molar refractivity (Wildman–Crippen MR) is 519 cm³/mol. The third-order valence-electron chi connectivity index (χ3n) is 21.9. The third kappa shape index (κ3) is 31.9. The molecule has 34 nitrogen and oxygen atoms in total. The highest BCUT2D eigenvalue weighted by Crippen LogP contribution is 2.45. The lowest BCUT2D eigenvalue weighted by Crippen LogP contribution is -2.59. The van der Waals surface area contributed by atoms with Crippen molar-refractivity contribution in [2.45, 2.75) is 193 Å². The second kappa shape index (κ2) is 53.5. The second-order valence-electron chi connectivity index (χ2n) is 32.5. The molecule has 1 aliphatic carbocycles. The summed E-state index contributed by atoms with van der Waals surface area (Å²) in [4.78, 5) is 208. The summed E-state index contributed by atoms with van der Waals surface area (Å²) in [5, 5.41) is 52.1. The maximum Gasteiger partial charge on any atom is 0.407 e. The van der Waals surface area contributed by atoms with E-state index >= 15 is 0 Å². The number of fused-ring (bicyclic) bond motifs is 3. The van der Waals surface area contributed by atoms with Crippen molar-refractivity contribution in [1.29, 1.82) is 0 Å². The highest BCUT2D eigenvalue weighted by molar-refractivity contribution is 7.80. The predicted octanol–water partition coefficient (Wildman–Crippen LogP) is 3.02. The van der Waals surface area contributed by atoms with Gasteiger partial charge in [-0.2, -0.15) is 0 Å². The molecular weight excluding hydrogens is 1780 g/mol. The zero-order chi connectivity index (χ0) is 99.2. The van der Waals surface area contributed by atoms with E-state index in [4.69, 9.17) is 9.47 Å². The van der Waals surface area contributed by atoms with E-state index in [2.05, 4.69) is 258 Å². The van der Waals surface area contributed by atoms with Crippen molar-refractivity contribution < 1.29 is 91.3 Å². The Labute approximate surface area is 793 Å². The molecule has 15 amide bonds. The highest BCUT2D eigenvalue weighted by Gasteiger charge is 2.40. The molecule has 14 atom stereocenters. The van der Waals surface area contributed by atoms with E-state index in [1.165, 1.54) is 126 Å². The van der Waals surface area contributed by atoms with Crippen molar-refractivity contribution in [2.75, 3.05) is 26.8 Å². The molecule has 0 saturated carbocycles. The number of carbonyl (C=O) groups excluding carboxylic acids is 16. The normalized spacial score (nSPS) is 15.1. The first-order valence-corrected chi connectivity index (χ1v) is 47.3. The standard InChI is InChI=1S/C64H91N15O19.2C18H15P/c1-14-28-97-63(95)46(25-26-48(80)65-13)77-57(89)37(9)72-53(85)33(5)69-54(86)36(8)74-60(92)61(93)78-58(90)38(10)73-59(91)47-24-19-27-79(47)62(94)40(12)75-55(87)35(7)70-51(83)32(4)67-49(81)30(2)66-50(82)31(3)68-52(84)34(6)71-56(88)39(11)76-64(96)98-29-45-43-22-17-15-20-41(43)42-21-16-18-23-44(42)45;2*1-4-10-16(11-5-1)19(17-12-6-2-7-13-17)18-14-8-3-9-15-18/h14-18,20-23,30-40,45-47,61,93H,1,19,24-29H2,2-13H3,(H,65,80)(H,66,82)(H,67,81)(H,68,84)(H,69,86)(H,70,83)(H,71,88)(H,72,85)(H,73,91)(H,74,92)(H,75,87)(H,76,96)(H,77,89)(H,78,90);2*1-15H/t30?,31-,32-,33-,34?,35-,36?,37-,38?,39-,40-,46-,47-,61-;;/m0../s1. The molecule has 1 saturated heterocycles. The fourth-order valence-electron chi connectivity index (χ4n) is 14.3. The summed E-state index contributed by atoms with van der Waals surface area (Å²) in [5.74, 6) is -12.7. The Morgan fingerprint density at radius 2 is 0.654 bits per heavy atom. The number of ether oxygens (including phenoxy) is 2. The van der Waals surface area contributed by atoms with Gasteiger partial charge in [0.05, 0.1) is 0 Å². The average molecular weight is 1900 g/mol. The van der Waals surface area contributed by atoms with Crippen LogP contribution in [-0.2, 0) is 81.4 Å². The van der Waals surface area contributed by atoms with Crippen LogP contribution in [0.2, 0.25) is 0 Å². The molecule has 0 bridgehead atoms. The average Bonchev–Trinajstić information content (AvgIpc) is 1.61. The van der Waals surface area contributed by atoms with E-state index in [0.717, 1.165) is 22.3 Å². The molecule has 136 heavy (non-hydrogen) atoms. The molecule has 720 valence electrons. The monoisotopic (exact) mass is 1900 g/mol. The first-order chi connectivity index (χ1) is 65.0. The van der Waals surface area contributed by atoms with Crippen molar-refractivity contribution >= 4 is 142 Å². The van der Waals surface area contributed by atoms with Crippen LogP contribution in [0.1, 0.15) is 119 Å². The molecule has 1 heterocycles. The molecule has 4 unspecified atom stereocenters. The molecule has 0 spiro atoms. The topological polar surface area (TPSA) is 483 Å². The van der Waals surface area contributed by atoms with Gasteiger partial charge in [0.15, 0.2) is 0 Å². The number of likely N-dealkylation sites (tertiary alicyclic amines) is 1. The number of alkyl carbamates (subject to hydrolysis) is 1. The number of rotatable bonds is 40. The van der Waals surface area contributed by atoms with Gasteiger partial charge in [0.25, 0.3) is 5.91 Å². The second-order valence-corrected chi connectivity index (χ2v) is 36.9. The number of benzene rings is 8. The summed E-state index contributed by atoms with van der Waals surface area (Å²) in [7, 11) is 0.500. The first kappa shape index (κ1) is 107. The van der Waals surface area contributed by atoms with Crippen LogP contribution in [-0.4, -0.2) is 216 Å². The Kier molecular flexibility index (Phi) is 42.1. The van der Waals surface area contributed by atoms with Crippen LogP contribution >= 0.6 is 15.8 Å². The maximum atomic E-state index is 13.6. The fourth-order valence-corrected chi connectivity index (χ4v) is 18.9. The third-order valence-corrected chi connectivity index (χ3v) is 26.8.